The molecule has 0 aromatic heterocycles. The molecule has 0 bridgehead atoms. The van der Waals surface area contributed by atoms with Gasteiger partial charge >= 0.3 is 0 Å². The Balaban J connectivity index is 2.09. The minimum Gasteiger partial charge on any atom is -0.381 e. The zero-order valence-corrected chi connectivity index (χ0v) is 10.2. The summed E-state index contributed by atoms with van der Waals surface area (Å²) >= 11 is 6.30. The Bertz CT molecular complexity index is 348. The molecule has 2 nitrogen and oxygen atoms in total. The van der Waals surface area contributed by atoms with Crippen LogP contribution in [-0.2, 0) is 11.2 Å². The average Bonchev–Trinajstić information content (AvgIpc) is 2.80. The number of benzene rings is 1. The molecular formula is C13H18ClNO. The first-order valence-electron chi connectivity index (χ1n) is 5.87. The minimum absolute atomic E-state index is 0.482. The Hall–Kier alpha value is -0.570. The van der Waals surface area contributed by atoms with Crippen LogP contribution in [0.1, 0.15) is 29.9 Å². The van der Waals surface area contributed by atoms with Crippen molar-refractivity contribution in [3.8, 4) is 0 Å². The van der Waals surface area contributed by atoms with Crippen LogP contribution < -0.4 is 5.73 Å². The Morgan fingerprint density at radius 1 is 1.44 bits per heavy atom. The molecule has 0 aliphatic carbocycles. The smallest absolute Gasteiger partial charge is 0.0536 e. The SMILES string of the molecule is NCCCc1ccc(C2CCOC2)c(Cl)c1. The maximum Gasteiger partial charge on any atom is 0.0536 e. The summed E-state index contributed by atoms with van der Waals surface area (Å²) in [6.45, 7) is 2.40. The van der Waals surface area contributed by atoms with Crippen LogP contribution in [-0.4, -0.2) is 19.8 Å². The average molecular weight is 240 g/mol. The summed E-state index contributed by atoms with van der Waals surface area (Å²) in [5.74, 6) is 0.482. The third-order valence-corrected chi connectivity index (χ3v) is 3.43. The topological polar surface area (TPSA) is 35.2 Å². The highest BCUT2D eigenvalue weighted by Crippen LogP contribution is 2.31. The van der Waals surface area contributed by atoms with E-state index in [0.29, 0.717) is 5.92 Å². The van der Waals surface area contributed by atoms with Crippen molar-refractivity contribution in [3.05, 3.63) is 34.3 Å². The summed E-state index contributed by atoms with van der Waals surface area (Å²) < 4.78 is 5.39. The van der Waals surface area contributed by atoms with E-state index in [1.54, 1.807) is 0 Å². The minimum atomic E-state index is 0.482. The van der Waals surface area contributed by atoms with E-state index >= 15 is 0 Å². The molecule has 1 aromatic carbocycles. The fraction of sp³-hybridized carbons (Fsp3) is 0.538. The van der Waals surface area contributed by atoms with E-state index < -0.39 is 0 Å². The monoisotopic (exact) mass is 239 g/mol. The number of ether oxygens (including phenoxy) is 1. The van der Waals surface area contributed by atoms with Crippen molar-refractivity contribution < 1.29 is 4.74 Å². The molecule has 88 valence electrons. The van der Waals surface area contributed by atoms with E-state index in [9.17, 15) is 0 Å². The number of hydrogen-bond acceptors (Lipinski definition) is 2. The van der Waals surface area contributed by atoms with Crippen LogP contribution in [0.2, 0.25) is 5.02 Å². The molecule has 1 atom stereocenters. The van der Waals surface area contributed by atoms with Gasteiger partial charge < -0.3 is 10.5 Å². The van der Waals surface area contributed by atoms with E-state index in [4.69, 9.17) is 22.1 Å². The second-order valence-electron chi connectivity index (χ2n) is 4.31. The predicted molar refractivity (Wildman–Crippen MR) is 67.0 cm³/mol. The second kappa shape index (κ2) is 5.67. The van der Waals surface area contributed by atoms with Crippen molar-refractivity contribution in [2.24, 2.45) is 5.73 Å². The van der Waals surface area contributed by atoms with Crippen LogP contribution in [0.15, 0.2) is 18.2 Å². The van der Waals surface area contributed by atoms with Crippen LogP contribution in [0.25, 0.3) is 0 Å². The quantitative estimate of drug-likeness (QED) is 0.877. The molecule has 1 unspecified atom stereocenters. The van der Waals surface area contributed by atoms with Gasteiger partial charge in [-0.25, -0.2) is 0 Å². The summed E-state index contributed by atoms with van der Waals surface area (Å²) in [6, 6.07) is 6.38. The van der Waals surface area contributed by atoms with Gasteiger partial charge in [0.2, 0.25) is 0 Å². The van der Waals surface area contributed by atoms with E-state index in [-0.39, 0.29) is 0 Å². The van der Waals surface area contributed by atoms with Gasteiger partial charge in [0.25, 0.3) is 0 Å². The van der Waals surface area contributed by atoms with Crippen molar-refractivity contribution in [2.45, 2.75) is 25.2 Å². The van der Waals surface area contributed by atoms with Gasteiger partial charge in [-0.3, -0.25) is 0 Å². The third-order valence-electron chi connectivity index (χ3n) is 3.10. The first-order chi connectivity index (χ1) is 7.81. The molecule has 1 saturated heterocycles. The Morgan fingerprint density at radius 3 is 2.94 bits per heavy atom. The van der Waals surface area contributed by atoms with Crippen molar-refractivity contribution in [1.29, 1.82) is 0 Å². The first-order valence-corrected chi connectivity index (χ1v) is 6.25. The normalized spacial score (nSPS) is 20.2. The molecule has 1 aliphatic heterocycles. The molecule has 1 fully saturated rings. The van der Waals surface area contributed by atoms with Crippen LogP contribution in [0.4, 0.5) is 0 Å². The highest BCUT2D eigenvalue weighted by atomic mass is 35.5. The van der Waals surface area contributed by atoms with E-state index in [2.05, 4.69) is 18.2 Å². The van der Waals surface area contributed by atoms with Gasteiger partial charge in [-0.15, -0.1) is 0 Å². The molecule has 0 saturated carbocycles. The molecule has 3 heteroatoms. The summed E-state index contributed by atoms with van der Waals surface area (Å²) in [5, 5.41) is 0.880. The molecule has 2 rings (SSSR count). The summed E-state index contributed by atoms with van der Waals surface area (Å²) in [5.41, 5.74) is 8.00. The molecular weight excluding hydrogens is 222 g/mol. The van der Waals surface area contributed by atoms with Crippen LogP contribution >= 0.6 is 11.6 Å². The molecule has 0 radical (unpaired) electrons. The van der Waals surface area contributed by atoms with Crippen molar-refractivity contribution in [1.82, 2.24) is 0 Å². The molecule has 1 aromatic rings. The highest BCUT2D eigenvalue weighted by molar-refractivity contribution is 6.31. The summed E-state index contributed by atoms with van der Waals surface area (Å²) in [7, 11) is 0. The second-order valence-corrected chi connectivity index (χ2v) is 4.72. The Kier molecular flexibility index (Phi) is 4.22. The van der Waals surface area contributed by atoms with Gasteiger partial charge in [-0.1, -0.05) is 23.7 Å². The van der Waals surface area contributed by atoms with Crippen LogP contribution in [0.3, 0.4) is 0 Å². The Morgan fingerprint density at radius 2 is 2.31 bits per heavy atom. The fourth-order valence-electron chi connectivity index (χ4n) is 2.14. The molecule has 1 heterocycles. The van der Waals surface area contributed by atoms with Gasteiger partial charge in [-0.2, -0.15) is 0 Å². The lowest BCUT2D eigenvalue weighted by molar-refractivity contribution is 0.194. The number of hydrogen-bond donors (Lipinski definition) is 1. The van der Waals surface area contributed by atoms with Gasteiger partial charge in [0.15, 0.2) is 0 Å². The van der Waals surface area contributed by atoms with Crippen molar-refractivity contribution >= 4 is 11.6 Å². The van der Waals surface area contributed by atoms with Crippen molar-refractivity contribution in [2.75, 3.05) is 19.8 Å². The predicted octanol–water partition coefficient (Wildman–Crippen LogP) is 2.74. The van der Waals surface area contributed by atoms with Gasteiger partial charge in [0.05, 0.1) is 6.61 Å². The highest BCUT2D eigenvalue weighted by Gasteiger charge is 2.19. The van der Waals surface area contributed by atoms with E-state index in [1.807, 2.05) is 0 Å². The maximum atomic E-state index is 6.30. The summed E-state index contributed by atoms with van der Waals surface area (Å²) in [4.78, 5) is 0. The number of halogens is 1. The largest absolute Gasteiger partial charge is 0.381 e. The standard InChI is InChI=1S/C13H18ClNO/c14-13-8-10(2-1-6-15)3-4-12(13)11-5-7-16-9-11/h3-4,8,11H,1-2,5-7,9,15H2. The van der Waals surface area contributed by atoms with Crippen LogP contribution in [0.5, 0.6) is 0 Å². The lowest BCUT2D eigenvalue weighted by Crippen LogP contribution is -2.02. The van der Waals surface area contributed by atoms with Crippen molar-refractivity contribution in [3.63, 3.8) is 0 Å². The van der Waals surface area contributed by atoms with E-state index in [0.717, 1.165) is 44.0 Å². The fourth-order valence-corrected chi connectivity index (χ4v) is 2.50. The first kappa shape index (κ1) is 11.9. The third kappa shape index (κ3) is 2.76. The molecule has 0 spiro atoms. The lowest BCUT2D eigenvalue weighted by atomic mass is 9.96. The maximum absolute atomic E-state index is 6.30. The van der Waals surface area contributed by atoms with Gasteiger partial charge in [-0.05, 0) is 43.0 Å². The number of aryl methyl sites for hydroxylation is 1. The van der Waals surface area contributed by atoms with E-state index in [1.165, 1.54) is 11.1 Å². The van der Waals surface area contributed by atoms with Gasteiger partial charge in [0, 0.05) is 17.5 Å². The summed E-state index contributed by atoms with van der Waals surface area (Å²) in [6.07, 6.45) is 3.11. The van der Waals surface area contributed by atoms with Gasteiger partial charge in [0.1, 0.15) is 0 Å². The molecule has 2 N–H and O–H groups in total. The zero-order chi connectivity index (χ0) is 11.4. The molecule has 1 aliphatic rings. The van der Waals surface area contributed by atoms with Crippen LogP contribution in [0, 0.1) is 0 Å². The number of rotatable bonds is 4. The number of nitrogens with two attached hydrogens (primary N) is 1. The lowest BCUT2D eigenvalue weighted by Gasteiger charge is -2.11. The molecule has 16 heavy (non-hydrogen) atoms. The zero-order valence-electron chi connectivity index (χ0n) is 9.42. The Labute approximate surface area is 102 Å². The molecule has 0 amide bonds.